The molecule has 3 aromatic rings. The Morgan fingerprint density at radius 1 is 0.838 bits per heavy atom. The van der Waals surface area contributed by atoms with Gasteiger partial charge in [0, 0.05) is 17.8 Å². The molecule has 0 N–H and O–H groups in total. The topological polar surface area (TPSA) is 48.0 Å². The van der Waals surface area contributed by atoms with Gasteiger partial charge in [0.25, 0.3) is 0 Å². The van der Waals surface area contributed by atoms with E-state index in [0.717, 1.165) is 36.0 Å². The molecule has 0 radical (unpaired) electrons. The Balaban J connectivity index is 1.42. The van der Waals surface area contributed by atoms with Crippen molar-refractivity contribution in [2.45, 2.75) is 49.9 Å². The van der Waals surface area contributed by atoms with E-state index in [0.29, 0.717) is 32.9 Å². The van der Waals surface area contributed by atoms with Crippen LogP contribution in [0.2, 0.25) is 0 Å². The number of carbonyl (C=O) groups is 1. The van der Waals surface area contributed by atoms with Crippen molar-refractivity contribution in [3.63, 3.8) is 0 Å². The predicted octanol–water partition coefficient (Wildman–Crippen LogP) is 6.71. The van der Waals surface area contributed by atoms with E-state index < -0.39 is 0 Å². The summed E-state index contributed by atoms with van der Waals surface area (Å²) < 4.78 is 18.2. The molecule has 6 heteroatoms. The van der Waals surface area contributed by atoms with Crippen LogP contribution in [0.3, 0.4) is 0 Å². The number of hydrogen-bond donors (Lipinski definition) is 0. The van der Waals surface area contributed by atoms with Crippen LogP contribution >= 0.6 is 11.8 Å². The van der Waals surface area contributed by atoms with Crippen molar-refractivity contribution in [2.75, 3.05) is 26.0 Å². The summed E-state index contributed by atoms with van der Waals surface area (Å²) in [6.07, 6.45) is 4.33. The number of benzene rings is 3. The van der Waals surface area contributed by atoms with Gasteiger partial charge in [-0.1, -0.05) is 91.0 Å². The Labute approximate surface area is 225 Å². The smallest absolute Gasteiger partial charge is 0.410 e. The van der Waals surface area contributed by atoms with Crippen molar-refractivity contribution in [1.82, 2.24) is 4.90 Å². The van der Waals surface area contributed by atoms with Gasteiger partial charge in [-0.15, -0.1) is 0 Å². The third-order valence-corrected chi connectivity index (χ3v) is 8.21. The number of carbonyl (C=O) groups excluding carboxylic acids is 1. The summed E-state index contributed by atoms with van der Waals surface area (Å²) in [4.78, 5) is 14.9. The average Bonchev–Trinajstić information content (AvgIpc) is 2.94. The molecule has 0 bridgehead atoms. The number of likely N-dealkylation sites (tertiary alicyclic amines) is 1. The summed E-state index contributed by atoms with van der Waals surface area (Å²) in [7, 11) is 0. The lowest BCUT2D eigenvalue weighted by molar-refractivity contribution is -0.00695. The standard InChI is InChI=1S/C31H37NO4S/c1-37-31(25-34-22-26-11-5-2-6-12-26)18-20-32(30(33)36-24-28-15-9-4-10-16-28)19-17-29(21-31)35-23-27-13-7-3-8-14-27/h2-16,29H,17-25H2,1H3/t29-,31-/m1/s1. The van der Waals surface area contributed by atoms with E-state index in [2.05, 4.69) is 30.5 Å². The third-order valence-electron chi connectivity index (χ3n) is 6.86. The molecular formula is C31H37NO4S. The fraction of sp³-hybridized carbons (Fsp3) is 0.387. The molecule has 4 rings (SSSR count). The maximum atomic E-state index is 13.0. The van der Waals surface area contributed by atoms with E-state index in [1.165, 1.54) is 0 Å². The minimum absolute atomic E-state index is 0.0118. The van der Waals surface area contributed by atoms with Gasteiger partial charge in [0.05, 0.1) is 25.9 Å². The van der Waals surface area contributed by atoms with Crippen molar-refractivity contribution < 1.29 is 19.0 Å². The number of amides is 1. The van der Waals surface area contributed by atoms with E-state index in [9.17, 15) is 4.79 Å². The number of nitrogens with zero attached hydrogens (tertiary/aromatic N) is 1. The Hall–Kier alpha value is -2.80. The lowest BCUT2D eigenvalue weighted by Crippen LogP contribution is -2.45. The first-order valence-electron chi connectivity index (χ1n) is 12.9. The normalized spacial score (nSPS) is 20.1. The molecule has 1 fully saturated rings. The molecule has 0 aromatic heterocycles. The molecule has 3 aromatic carbocycles. The van der Waals surface area contributed by atoms with Crippen molar-refractivity contribution >= 4 is 17.9 Å². The Kier molecular flexibility index (Phi) is 10.5. The number of rotatable bonds is 10. The maximum Gasteiger partial charge on any atom is 0.410 e. The van der Waals surface area contributed by atoms with Crippen LogP contribution in [0.25, 0.3) is 0 Å². The van der Waals surface area contributed by atoms with Crippen LogP contribution in [0.1, 0.15) is 36.0 Å². The highest BCUT2D eigenvalue weighted by atomic mass is 32.2. The molecule has 1 aliphatic heterocycles. The molecule has 0 spiro atoms. The molecule has 0 aliphatic carbocycles. The van der Waals surface area contributed by atoms with Crippen LogP contribution in [0, 0.1) is 0 Å². The van der Waals surface area contributed by atoms with Gasteiger partial charge in [-0.05, 0) is 42.2 Å². The molecule has 1 aliphatic rings. The largest absolute Gasteiger partial charge is 0.445 e. The zero-order valence-electron chi connectivity index (χ0n) is 21.6. The van der Waals surface area contributed by atoms with Gasteiger partial charge in [0.15, 0.2) is 0 Å². The number of ether oxygens (including phenoxy) is 3. The summed E-state index contributed by atoms with van der Waals surface area (Å²) in [6, 6.07) is 30.3. The molecule has 1 amide bonds. The first-order valence-corrected chi connectivity index (χ1v) is 14.2. The van der Waals surface area contributed by atoms with Crippen molar-refractivity contribution in [1.29, 1.82) is 0 Å². The Bertz CT molecular complexity index is 1070. The summed E-state index contributed by atoms with van der Waals surface area (Å²) >= 11 is 1.82. The van der Waals surface area contributed by atoms with Crippen LogP contribution in [-0.4, -0.2) is 47.8 Å². The third kappa shape index (κ3) is 8.63. The van der Waals surface area contributed by atoms with E-state index >= 15 is 0 Å². The lowest BCUT2D eigenvalue weighted by atomic mass is 9.93. The highest BCUT2D eigenvalue weighted by Gasteiger charge is 2.37. The van der Waals surface area contributed by atoms with Crippen LogP contribution in [-0.2, 0) is 34.0 Å². The Morgan fingerprint density at radius 2 is 1.41 bits per heavy atom. The zero-order chi connectivity index (χ0) is 25.8. The second-order valence-corrected chi connectivity index (χ2v) is 10.8. The highest BCUT2D eigenvalue weighted by Crippen LogP contribution is 2.36. The molecule has 0 unspecified atom stereocenters. The SMILES string of the molecule is CS[C@]1(COCc2ccccc2)CCN(C(=O)OCc2ccccc2)CC[C@@H](OCc2ccccc2)C1. The fourth-order valence-corrected chi connectivity index (χ4v) is 5.45. The predicted molar refractivity (Wildman–Crippen MR) is 149 cm³/mol. The van der Waals surface area contributed by atoms with E-state index in [-0.39, 0.29) is 23.6 Å². The minimum atomic E-state index is -0.271. The van der Waals surface area contributed by atoms with Crippen LogP contribution < -0.4 is 0 Å². The first-order chi connectivity index (χ1) is 18.2. The monoisotopic (exact) mass is 519 g/mol. The van der Waals surface area contributed by atoms with Gasteiger partial charge in [-0.3, -0.25) is 0 Å². The number of thioether (sulfide) groups is 1. The molecule has 1 saturated heterocycles. The fourth-order valence-electron chi connectivity index (χ4n) is 4.60. The van der Waals surface area contributed by atoms with Gasteiger partial charge in [0.2, 0.25) is 0 Å². The molecule has 37 heavy (non-hydrogen) atoms. The molecule has 1 heterocycles. The van der Waals surface area contributed by atoms with Gasteiger partial charge in [0.1, 0.15) is 6.61 Å². The zero-order valence-corrected chi connectivity index (χ0v) is 22.4. The number of hydrogen-bond acceptors (Lipinski definition) is 5. The highest BCUT2D eigenvalue weighted by molar-refractivity contribution is 8.00. The lowest BCUT2D eigenvalue weighted by Gasteiger charge is -2.39. The van der Waals surface area contributed by atoms with Gasteiger partial charge >= 0.3 is 6.09 Å². The van der Waals surface area contributed by atoms with E-state index in [4.69, 9.17) is 14.2 Å². The maximum absolute atomic E-state index is 13.0. The van der Waals surface area contributed by atoms with E-state index in [1.807, 2.05) is 83.4 Å². The van der Waals surface area contributed by atoms with Gasteiger partial charge < -0.3 is 19.1 Å². The molecule has 0 saturated carbocycles. The second-order valence-electron chi connectivity index (χ2n) is 9.55. The van der Waals surface area contributed by atoms with Gasteiger partial charge in [-0.2, -0.15) is 11.8 Å². The summed E-state index contributed by atoms with van der Waals surface area (Å²) in [5.74, 6) is 0. The van der Waals surface area contributed by atoms with E-state index in [1.54, 1.807) is 0 Å². The quantitative estimate of drug-likeness (QED) is 0.298. The van der Waals surface area contributed by atoms with Crippen molar-refractivity contribution in [2.24, 2.45) is 0 Å². The van der Waals surface area contributed by atoms with Crippen molar-refractivity contribution in [3.8, 4) is 0 Å². The van der Waals surface area contributed by atoms with Crippen LogP contribution in [0.4, 0.5) is 4.79 Å². The average molecular weight is 520 g/mol. The summed E-state index contributed by atoms with van der Waals surface area (Å²) in [6.45, 7) is 3.25. The van der Waals surface area contributed by atoms with Gasteiger partial charge in [-0.25, -0.2) is 4.79 Å². The first kappa shape index (κ1) is 27.2. The van der Waals surface area contributed by atoms with Crippen molar-refractivity contribution in [3.05, 3.63) is 108 Å². The van der Waals surface area contributed by atoms with Crippen LogP contribution in [0.15, 0.2) is 91.0 Å². The minimum Gasteiger partial charge on any atom is -0.445 e. The Morgan fingerprint density at radius 3 is 2.00 bits per heavy atom. The molecule has 2 atom stereocenters. The van der Waals surface area contributed by atoms with Crippen LogP contribution in [0.5, 0.6) is 0 Å². The summed E-state index contributed by atoms with van der Waals surface area (Å²) in [5, 5.41) is 0. The molecule has 196 valence electrons. The summed E-state index contributed by atoms with van der Waals surface area (Å²) in [5.41, 5.74) is 3.30. The molecular weight excluding hydrogens is 482 g/mol. The molecule has 5 nitrogen and oxygen atoms in total. The second kappa shape index (κ2) is 14.2.